The molecule has 0 unspecified atom stereocenters. The second-order valence-electron chi connectivity index (χ2n) is 9.05. The highest BCUT2D eigenvalue weighted by molar-refractivity contribution is 6.98. The first-order chi connectivity index (χ1) is 9.56. The van der Waals surface area contributed by atoms with Crippen LogP contribution in [0.25, 0.3) is 0 Å². The van der Waals surface area contributed by atoms with Crippen molar-refractivity contribution in [2.24, 2.45) is 5.73 Å². The fraction of sp³-hybridized carbons (Fsp3) is 1.00. The van der Waals surface area contributed by atoms with Crippen molar-refractivity contribution in [2.75, 3.05) is 0 Å². The largest absolute Gasteiger partial charge is 0.330 e. The fourth-order valence-corrected chi connectivity index (χ4v) is 14.4. The van der Waals surface area contributed by atoms with Crippen LogP contribution in [-0.2, 0) is 0 Å². The minimum atomic E-state index is -1.30. The van der Waals surface area contributed by atoms with Crippen molar-refractivity contribution in [2.45, 2.75) is 115 Å². The molecule has 0 aliphatic heterocycles. The van der Waals surface area contributed by atoms with Gasteiger partial charge >= 0.3 is 0 Å². The summed E-state index contributed by atoms with van der Waals surface area (Å²) in [5.74, 6) is 0. The molecule has 1 nitrogen and oxygen atoms in total. The molecule has 0 atom stereocenters. The molecule has 0 radical (unpaired) electrons. The standard InChI is InChI=1S/C18H43NSi2/c1-8-9-10-11-12-13-14-15-16-17-18(19,20(2,3)4)21(5,6)7/h8-17,19H2,1-7H3. The van der Waals surface area contributed by atoms with E-state index < -0.39 is 16.1 Å². The van der Waals surface area contributed by atoms with Crippen LogP contribution in [0.3, 0.4) is 0 Å². The summed E-state index contributed by atoms with van der Waals surface area (Å²) in [7, 11) is -2.59. The Kier molecular flexibility index (Phi) is 9.69. The summed E-state index contributed by atoms with van der Waals surface area (Å²) >= 11 is 0. The highest BCUT2D eigenvalue weighted by Gasteiger charge is 2.48. The maximum atomic E-state index is 6.97. The molecular weight excluding hydrogens is 286 g/mol. The number of nitrogens with two attached hydrogens (primary N) is 1. The summed E-state index contributed by atoms with van der Waals surface area (Å²) < 4.78 is 0. The van der Waals surface area contributed by atoms with Gasteiger partial charge in [0.2, 0.25) is 0 Å². The van der Waals surface area contributed by atoms with E-state index in [0.29, 0.717) is 0 Å². The molecule has 0 fully saturated rings. The molecule has 0 aromatic rings. The van der Waals surface area contributed by atoms with E-state index in [1.54, 1.807) is 0 Å². The van der Waals surface area contributed by atoms with Crippen LogP contribution in [0.2, 0.25) is 39.3 Å². The Morgan fingerprint density at radius 2 is 0.952 bits per heavy atom. The van der Waals surface area contributed by atoms with E-state index in [1.165, 1.54) is 64.2 Å². The zero-order chi connectivity index (χ0) is 16.6. The predicted octanol–water partition coefficient (Wildman–Crippen LogP) is 6.36. The monoisotopic (exact) mass is 329 g/mol. The lowest BCUT2D eigenvalue weighted by Crippen LogP contribution is -2.72. The van der Waals surface area contributed by atoms with Gasteiger partial charge in [0, 0.05) is 4.79 Å². The van der Waals surface area contributed by atoms with Gasteiger partial charge < -0.3 is 5.73 Å². The lowest BCUT2D eigenvalue weighted by atomic mass is 10.1. The molecule has 2 N–H and O–H groups in total. The van der Waals surface area contributed by atoms with Crippen LogP contribution in [0, 0.1) is 0 Å². The minimum absolute atomic E-state index is 0.196. The van der Waals surface area contributed by atoms with Gasteiger partial charge in [-0.05, 0) is 6.42 Å². The molecule has 21 heavy (non-hydrogen) atoms. The van der Waals surface area contributed by atoms with E-state index >= 15 is 0 Å². The number of hydrogen-bond acceptors (Lipinski definition) is 1. The van der Waals surface area contributed by atoms with Crippen LogP contribution in [0.15, 0.2) is 0 Å². The van der Waals surface area contributed by atoms with Gasteiger partial charge in [0.05, 0.1) is 16.1 Å². The first-order valence-electron chi connectivity index (χ1n) is 9.35. The van der Waals surface area contributed by atoms with Crippen LogP contribution in [0.4, 0.5) is 0 Å². The molecular formula is C18H43NSi2. The van der Waals surface area contributed by atoms with Crippen molar-refractivity contribution in [3.8, 4) is 0 Å². The van der Waals surface area contributed by atoms with Crippen molar-refractivity contribution in [1.29, 1.82) is 0 Å². The van der Waals surface area contributed by atoms with Crippen LogP contribution in [0.5, 0.6) is 0 Å². The third-order valence-corrected chi connectivity index (χ3v) is 15.7. The highest BCUT2D eigenvalue weighted by atomic mass is 28.4. The van der Waals surface area contributed by atoms with E-state index in [2.05, 4.69) is 46.2 Å². The predicted molar refractivity (Wildman–Crippen MR) is 105 cm³/mol. The normalized spacial score (nSPS) is 13.7. The Hall–Kier alpha value is 0.394. The lowest BCUT2D eigenvalue weighted by molar-refractivity contribution is 0.536. The zero-order valence-corrected chi connectivity index (χ0v) is 18.1. The third-order valence-electron chi connectivity index (χ3n) is 5.35. The molecule has 0 amide bonds. The van der Waals surface area contributed by atoms with E-state index in [0.717, 1.165) is 0 Å². The maximum Gasteiger partial charge on any atom is 0.0634 e. The minimum Gasteiger partial charge on any atom is -0.330 e. The topological polar surface area (TPSA) is 26.0 Å². The average molecular weight is 330 g/mol. The molecule has 0 saturated carbocycles. The lowest BCUT2D eigenvalue weighted by Gasteiger charge is -2.49. The summed E-state index contributed by atoms with van der Waals surface area (Å²) in [6.45, 7) is 17.1. The number of hydrogen-bond donors (Lipinski definition) is 1. The second-order valence-corrected chi connectivity index (χ2v) is 20.3. The van der Waals surface area contributed by atoms with E-state index in [9.17, 15) is 0 Å². The Balaban J connectivity index is 3.97. The van der Waals surface area contributed by atoms with E-state index in [1.807, 2.05) is 0 Å². The maximum absolute atomic E-state index is 6.97. The summed E-state index contributed by atoms with van der Waals surface area (Å²) in [4.78, 5) is 0.196. The summed E-state index contributed by atoms with van der Waals surface area (Å²) in [6, 6.07) is 0. The quantitative estimate of drug-likeness (QED) is 0.327. The van der Waals surface area contributed by atoms with Crippen LogP contribution in [-0.4, -0.2) is 20.9 Å². The summed E-state index contributed by atoms with van der Waals surface area (Å²) in [5.41, 5.74) is 6.97. The molecule has 3 heteroatoms. The highest BCUT2D eigenvalue weighted by Crippen LogP contribution is 2.33. The Morgan fingerprint density at radius 3 is 1.29 bits per heavy atom. The number of rotatable bonds is 12. The molecule has 0 saturated heterocycles. The van der Waals surface area contributed by atoms with Crippen molar-refractivity contribution < 1.29 is 0 Å². The number of unbranched alkanes of at least 4 members (excludes halogenated alkanes) is 8. The van der Waals surface area contributed by atoms with Gasteiger partial charge in [-0.1, -0.05) is 104 Å². The second kappa shape index (κ2) is 9.51. The Bertz CT molecular complexity index is 249. The van der Waals surface area contributed by atoms with Crippen LogP contribution < -0.4 is 5.73 Å². The average Bonchev–Trinajstić information content (AvgIpc) is 2.33. The van der Waals surface area contributed by atoms with E-state index in [4.69, 9.17) is 5.73 Å². The molecule has 0 spiro atoms. The van der Waals surface area contributed by atoms with Crippen molar-refractivity contribution >= 4 is 16.1 Å². The van der Waals surface area contributed by atoms with Crippen molar-refractivity contribution in [1.82, 2.24) is 0 Å². The smallest absolute Gasteiger partial charge is 0.0634 e. The molecule has 0 aliphatic carbocycles. The third kappa shape index (κ3) is 7.47. The first kappa shape index (κ1) is 21.4. The molecule has 0 aromatic heterocycles. The van der Waals surface area contributed by atoms with Gasteiger partial charge in [0.25, 0.3) is 0 Å². The molecule has 0 rings (SSSR count). The van der Waals surface area contributed by atoms with Gasteiger partial charge in [0.1, 0.15) is 0 Å². The van der Waals surface area contributed by atoms with Gasteiger partial charge in [-0.3, -0.25) is 0 Å². The molecule has 0 aromatic carbocycles. The van der Waals surface area contributed by atoms with Crippen LogP contribution >= 0.6 is 0 Å². The SMILES string of the molecule is CCCCCCCCCCCC(N)([Si](C)(C)C)[Si](C)(C)C. The molecule has 0 heterocycles. The summed E-state index contributed by atoms with van der Waals surface area (Å²) in [5, 5.41) is 0. The van der Waals surface area contributed by atoms with Crippen LogP contribution in [0.1, 0.15) is 71.1 Å². The van der Waals surface area contributed by atoms with Gasteiger partial charge in [-0.25, -0.2) is 0 Å². The van der Waals surface area contributed by atoms with Gasteiger partial charge in [-0.15, -0.1) is 0 Å². The van der Waals surface area contributed by atoms with Crippen molar-refractivity contribution in [3.63, 3.8) is 0 Å². The Morgan fingerprint density at radius 1 is 0.619 bits per heavy atom. The van der Waals surface area contributed by atoms with Gasteiger partial charge in [-0.2, -0.15) is 0 Å². The van der Waals surface area contributed by atoms with Crippen molar-refractivity contribution in [3.05, 3.63) is 0 Å². The molecule has 0 aliphatic rings. The molecule has 128 valence electrons. The molecule has 0 bridgehead atoms. The first-order valence-corrected chi connectivity index (χ1v) is 16.3. The summed E-state index contributed by atoms with van der Waals surface area (Å²) in [6.07, 6.45) is 14.0. The Labute approximate surface area is 137 Å². The fourth-order valence-electron chi connectivity index (χ4n) is 3.59. The van der Waals surface area contributed by atoms with E-state index in [-0.39, 0.29) is 4.79 Å². The van der Waals surface area contributed by atoms with Gasteiger partial charge in [0.15, 0.2) is 0 Å². The zero-order valence-electron chi connectivity index (χ0n) is 16.1.